The van der Waals surface area contributed by atoms with Crippen molar-refractivity contribution in [3.05, 3.63) is 39.2 Å². The van der Waals surface area contributed by atoms with Crippen molar-refractivity contribution in [2.24, 2.45) is 0 Å². The van der Waals surface area contributed by atoms with E-state index in [-0.39, 0.29) is 27.8 Å². The molecule has 1 aromatic heterocycles. The van der Waals surface area contributed by atoms with Crippen molar-refractivity contribution in [3.63, 3.8) is 0 Å². The third-order valence-corrected chi connectivity index (χ3v) is 2.76. The molecule has 0 aliphatic rings. The fraction of sp³-hybridized carbons (Fsp3) is 0.308. The molecule has 0 amide bonds. The van der Waals surface area contributed by atoms with Gasteiger partial charge in [0.15, 0.2) is 0 Å². The van der Waals surface area contributed by atoms with Crippen LogP contribution in [0.25, 0.3) is 11.0 Å². The third kappa shape index (κ3) is 2.90. The zero-order valence-electron chi connectivity index (χ0n) is 10.5. The Kier molecular flexibility index (Phi) is 3.69. The highest BCUT2D eigenvalue weighted by Crippen LogP contribution is 2.37. The van der Waals surface area contributed by atoms with E-state index in [1.54, 1.807) is 13.8 Å². The fourth-order valence-corrected chi connectivity index (χ4v) is 1.95. The molecular formula is C13H10ClF3O3. The van der Waals surface area contributed by atoms with Crippen LogP contribution in [0.4, 0.5) is 13.2 Å². The second kappa shape index (κ2) is 5.01. The molecule has 0 spiro atoms. The van der Waals surface area contributed by atoms with Gasteiger partial charge in [0.25, 0.3) is 0 Å². The quantitative estimate of drug-likeness (QED) is 0.779. The van der Waals surface area contributed by atoms with Crippen LogP contribution < -0.4 is 10.4 Å². The van der Waals surface area contributed by atoms with Crippen molar-refractivity contribution in [2.75, 3.05) is 0 Å². The van der Waals surface area contributed by atoms with Gasteiger partial charge in [-0.3, -0.25) is 0 Å². The van der Waals surface area contributed by atoms with Crippen LogP contribution in [-0.4, -0.2) is 6.10 Å². The molecule has 0 saturated carbocycles. The van der Waals surface area contributed by atoms with E-state index in [1.807, 2.05) is 0 Å². The minimum absolute atomic E-state index is 0.0190. The van der Waals surface area contributed by atoms with Gasteiger partial charge in [-0.05, 0) is 19.9 Å². The highest BCUT2D eigenvalue weighted by molar-refractivity contribution is 6.32. The first-order chi connectivity index (χ1) is 9.18. The molecule has 0 aliphatic heterocycles. The first kappa shape index (κ1) is 14.7. The topological polar surface area (TPSA) is 39.4 Å². The molecule has 0 saturated heterocycles. The molecule has 0 fully saturated rings. The predicted molar refractivity (Wildman–Crippen MR) is 68.3 cm³/mol. The lowest BCUT2D eigenvalue weighted by Gasteiger charge is -2.14. The minimum atomic E-state index is -4.67. The van der Waals surface area contributed by atoms with Crippen LogP contribution in [0.5, 0.6) is 5.75 Å². The molecule has 20 heavy (non-hydrogen) atoms. The summed E-state index contributed by atoms with van der Waals surface area (Å²) >= 11 is 5.90. The highest BCUT2D eigenvalue weighted by Gasteiger charge is 2.34. The van der Waals surface area contributed by atoms with Crippen LogP contribution in [0, 0.1) is 0 Å². The van der Waals surface area contributed by atoms with Gasteiger partial charge >= 0.3 is 11.8 Å². The van der Waals surface area contributed by atoms with Gasteiger partial charge in [0.2, 0.25) is 0 Å². The largest absolute Gasteiger partial charge is 0.489 e. The van der Waals surface area contributed by atoms with Crippen LogP contribution in [0.1, 0.15) is 19.4 Å². The monoisotopic (exact) mass is 306 g/mol. The number of alkyl halides is 3. The summed E-state index contributed by atoms with van der Waals surface area (Å²) in [6.45, 7) is 3.48. The van der Waals surface area contributed by atoms with E-state index in [1.165, 1.54) is 6.07 Å². The lowest BCUT2D eigenvalue weighted by Crippen LogP contribution is -2.11. The number of hydrogen-bond donors (Lipinski definition) is 0. The zero-order chi connectivity index (χ0) is 15.1. The molecule has 108 valence electrons. The Labute approximate surface area is 116 Å². The lowest BCUT2D eigenvalue weighted by atomic mass is 10.1. The molecule has 7 heteroatoms. The Balaban J connectivity index is 2.75. The van der Waals surface area contributed by atoms with E-state index in [2.05, 4.69) is 0 Å². The van der Waals surface area contributed by atoms with Crippen LogP contribution in [0.3, 0.4) is 0 Å². The summed E-state index contributed by atoms with van der Waals surface area (Å²) in [7, 11) is 0. The summed E-state index contributed by atoms with van der Waals surface area (Å²) in [6.07, 6.45) is -4.89. The maximum atomic E-state index is 12.9. The normalized spacial score (nSPS) is 12.2. The summed E-state index contributed by atoms with van der Waals surface area (Å²) in [5.74, 6) is 0.164. The van der Waals surface area contributed by atoms with Gasteiger partial charge in [0.1, 0.15) is 11.3 Å². The number of halogens is 4. The van der Waals surface area contributed by atoms with Crippen LogP contribution in [-0.2, 0) is 6.18 Å². The molecule has 1 heterocycles. The van der Waals surface area contributed by atoms with E-state index in [0.29, 0.717) is 6.07 Å². The number of hydrogen-bond acceptors (Lipinski definition) is 3. The van der Waals surface area contributed by atoms with Crippen LogP contribution in [0.15, 0.2) is 27.4 Å². The van der Waals surface area contributed by atoms with E-state index in [0.717, 1.165) is 6.07 Å². The maximum absolute atomic E-state index is 12.9. The van der Waals surface area contributed by atoms with Crippen LogP contribution in [0.2, 0.25) is 5.02 Å². The predicted octanol–water partition coefficient (Wildman–Crippen LogP) is 4.25. The number of rotatable bonds is 2. The molecular weight excluding hydrogens is 297 g/mol. The summed E-state index contributed by atoms with van der Waals surface area (Å²) in [6, 6.07) is 2.68. The molecule has 3 nitrogen and oxygen atoms in total. The van der Waals surface area contributed by atoms with Gasteiger partial charge in [-0.1, -0.05) is 11.6 Å². The molecule has 0 atom stereocenters. The van der Waals surface area contributed by atoms with Gasteiger partial charge in [-0.25, -0.2) is 4.79 Å². The average molecular weight is 307 g/mol. The van der Waals surface area contributed by atoms with Crippen molar-refractivity contribution in [3.8, 4) is 5.75 Å². The van der Waals surface area contributed by atoms with Gasteiger partial charge in [-0.2, -0.15) is 13.2 Å². The lowest BCUT2D eigenvalue weighted by molar-refractivity contribution is -0.136. The molecule has 0 unspecified atom stereocenters. The molecule has 0 bridgehead atoms. The Morgan fingerprint density at radius 2 is 1.90 bits per heavy atom. The van der Waals surface area contributed by atoms with Gasteiger partial charge in [0.05, 0.1) is 16.7 Å². The van der Waals surface area contributed by atoms with Gasteiger partial charge < -0.3 is 9.15 Å². The first-order valence-electron chi connectivity index (χ1n) is 5.69. The highest BCUT2D eigenvalue weighted by atomic mass is 35.5. The van der Waals surface area contributed by atoms with E-state index < -0.39 is 17.4 Å². The average Bonchev–Trinajstić information content (AvgIpc) is 2.28. The fourth-order valence-electron chi connectivity index (χ4n) is 1.74. The summed E-state index contributed by atoms with van der Waals surface area (Å²) < 4.78 is 48.8. The van der Waals surface area contributed by atoms with Crippen LogP contribution >= 0.6 is 11.6 Å². The van der Waals surface area contributed by atoms with Crippen molar-refractivity contribution in [1.29, 1.82) is 0 Å². The molecule has 2 rings (SSSR count). The summed E-state index contributed by atoms with van der Waals surface area (Å²) in [5, 5.41) is -0.260. The Bertz CT molecular complexity index is 704. The van der Waals surface area contributed by atoms with Gasteiger partial charge in [0, 0.05) is 17.5 Å². The SMILES string of the molecule is CC(C)Oc1cc2oc(=O)cc(C(F)(F)F)c2cc1Cl. The molecule has 0 N–H and O–H groups in total. The maximum Gasteiger partial charge on any atom is 0.417 e. The smallest absolute Gasteiger partial charge is 0.417 e. The van der Waals surface area contributed by atoms with E-state index >= 15 is 0 Å². The Morgan fingerprint density at radius 3 is 2.45 bits per heavy atom. The van der Waals surface area contributed by atoms with Crippen molar-refractivity contribution >= 4 is 22.6 Å². The summed E-state index contributed by atoms with van der Waals surface area (Å²) in [5.41, 5.74) is -2.38. The first-order valence-corrected chi connectivity index (χ1v) is 6.07. The van der Waals surface area contributed by atoms with Gasteiger partial charge in [-0.15, -0.1) is 0 Å². The van der Waals surface area contributed by atoms with E-state index in [4.69, 9.17) is 20.8 Å². The molecule has 0 aliphatic carbocycles. The van der Waals surface area contributed by atoms with Crippen molar-refractivity contribution < 1.29 is 22.3 Å². The Morgan fingerprint density at radius 1 is 1.25 bits per heavy atom. The standard InChI is InChI=1S/C13H10ClF3O3/c1-6(2)19-11-5-10-7(3-9(11)14)8(13(15,16)17)4-12(18)20-10/h3-6H,1-2H3. The molecule has 1 aromatic carbocycles. The van der Waals surface area contributed by atoms with E-state index in [9.17, 15) is 18.0 Å². The van der Waals surface area contributed by atoms with Crippen molar-refractivity contribution in [1.82, 2.24) is 0 Å². The number of fused-ring (bicyclic) bond motifs is 1. The zero-order valence-corrected chi connectivity index (χ0v) is 11.3. The second-order valence-corrected chi connectivity index (χ2v) is 4.83. The molecule has 0 radical (unpaired) electrons. The second-order valence-electron chi connectivity index (χ2n) is 4.42. The number of ether oxygens (including phenoxy) is 1. The molecule has 2 aromatic rings. The third-order valence-electron chi connectivity index (χ3n) is 2.47. The number of benzene rings is 1. The van der Waals surface area contributed by atoms with Crippen molar-refractivity contribution in [2.45, 2.75) is 26.1 Å². The summed E-state index contributed by atoms with van der Waals surface area (Å²) in [4.78, 5) is 11.2. The Hall–Kier alpha value is -1.69. The minimum Gasteiger partial charge on any atom is -0.489 e.